The molecule has 0 atom stereocenters. The minimum atomic E-state index is 0.0341. The quantitative estimate of drug-likeness (QED) is 0.419. The third kappa shape index (κ3) is 3.31. The highest BCUT2D eigenvalue weighted by molar-refractivity contribution is 5.80. The van der Waals surface area contributed by atoms with Crippen LogP contribution in [-0.4, -0.2) is 0 Å². The first-order valence-electron chi connectivity index (χ1n) is 11.1. The monoisotopic (exact) mass is 384 g/mol. The van der Waals surface area contributed by atoms with Gasteiger partial charge < -0.3 is 0 Å². The Bertz CT molecular complexity index is 1030. The normalized spacial score (nSPS) is 16.1. The van der Waals surface area contributed by atoms with Gasteiger partial charge in [-0.2, -0.15) is 0 Å². The van der Waals surface area contributed by atoms with E-state index in [0.717, 1.165) is 12.8 Å². The van der Waals surface area contributed by atoms with E-state index in [1.165, 1.54) is 33.4 Å². The minimum Gasteiger partial charge on any atom is -0.0804 e. The molecule has 0 nitrogen and oxygen atoms in total. The first kappa shape index (κ1) is 20.2. The summed E-state index contributed by atoms with van der Waals surface area (Å²) in [6.45, 7) is 18.9. The zero-order valence-corrected chi connectivity index (χ0v) is 19.5. The van der Waals surface area contributed by atoms with Gasteiger partial charge in [-0.1, -0.05) is 110 Å². The standard InChI is InChI=1S/C29H36/c1-27(2,3)21-13-14-22-19(17-21)18-24-23(22)15-16-25(28(4,5)6)26(24)29(7,8)20-11-9-10-12-20/h9-11,13-17H,12,18H2,1-8H3. The highest BCUT2D eigenvalue weighted by Gasteiger charge is 2.36. The molecule has 0 spiro atoms. The third-order valence-corrected chi connectivity index (χ3v) is 6.95. The molecule has 0 N–H and O–H groups in total. The van der Waals surface area contributed by atoms with Gasteiger partial charge in [-0.15, -0.1) is 0 Å². The third-order valence-electron chi connectivity index (χ3n) is 6.95. The predicted octanol–water partition coefficient (Wildman–Crippen LogP) is 8.02. The lowest BCUT2D eigenvalue weighted by Crippen LogP contribution is -2.28. The van der Waals surface area contributed by atoms with Gasteiger partial charge in [0.25, 0.3) is 0 Å². The molecule has 29 heavy (non-hydrogen) atoms. The molecule has 0 radical (unpaired) electrons. The highest BCUT2D eigenvalue weighted by Crippen LogP contribution is 2.49. The number of hydrogen-bond acceptors (Lipinski definition) is 0. The maximum atomic E-state index is 2.46. The van der Waals surface area contributed by atoms with Gasteiger partial charge in [-0.3, -0.25) is 0 Å². The minimum absolute atomic E-state index is 0.0341. The van der Waals surface area contributed by atoms with Crippen molar-refractivity contribution in [3.8, 4) is 11.1 Å². The molecule has 0 heteroatoms. The van der Waals surface area contributed by atoms with Crippen LogP contribution < -0.4 is 0 Å². The highest BCUT2D eigenvalue weighted by atomic mass is 14.4. The Morgan fingerprint density at radius 3 is 2.03 bits per heavy atom. The van der Waals surface area contributed by atoms with Crippen molar-refractivity contribution in [3.05, 3.63) is 82.0 Å². The van der Waals surface area contributed by atoms with E-state index in [0.29, 0.717) is 0 Å². The molecule has 0 fully saturated rings. The van der Waals surface area contributed by atoms with Gasteiger partial charge in [-0.05, 0) is 62.6 Å². The number of rotatable bonds is 2. The molecule has 0 bridgehead atoms. The molecule has 0 aromatic heterocycles. The number of fused-ring (bicyclic) bond motifs is 3. The van der Waals surface area contributed by atoms with Gasteiger partial charge >= 0.3 is 0 Å². The summed E-state index contributed by atoms with van der Waals surface area (Å²) in [5.74, 6) is 0. The van der Waals surface area contributed by atoms with Crippen molar-refractivity contribution < 1.29 is 0 Å². The number of hydrogen-bond donors (Lipinski definition) is 0. The average molecular weight is 385 g/mol. The van der Waals surface area contributed by atoms with Crippen LogP contribution in [0, 0.1) is 0 Å². The smallest absolute Gasteiger partial charge is 0.0117 e. The molecule has 4 rings (SSSR count). The Balaban J connectivity index is 1.93. The lowest BCUT2D eigenvalue weighted by atomic mass is 9.68. The van der Waals surface area contributed by atoms with Gasteiger partial charge in [-0.25, -0.2) is 0 Å². The second-order valence-corrected chi connectivity index (χ2v) is 11.5. The molecule has 0 amide bonds. The first-order valence-corrected chi connectivity index (χ1v) is 11.1. The fourth-order valence-corrected chi connectivity index (χ4v) is 5.15. The topological polar surface area (TPSA) is 0 Å². The Hall–Kier alpha value is -2.08. The molecule has 2 aromatic carbocycles. The van der Waals surface area contributed by atoms with E-state index in [1.807, 2.05) is 0 Å². The van der Waals surface area contributed by atoms with Crippen LogP contribution in [0.15, 0.2) is 54.1 Å². The molecule has 2 aliphatic rings. The summed E-state index contributed by atoms with van der Waals surface area (Å²) in [5, 5.41) is 0. The van der Waals surface area contributed by atoms with Gasteiger partial charge in [0.15, 0.2) is 0 Å². The second-order valence-electron chi connectivity index (χ2n) is 11.5. The molecular formula is C29H36. The van der Waals surface area contributed by atoms with E-state index in [2.05, 4.69) is 104 Å². The van der Waals surface area contributed by atoms with E-state index in [1.54, 1.807) is 11.1 Å². The number of benzene rings is 2. The lowest BCUT2D eigenvalue weighted by Gasteiger charge is -2.36. The van der Waals surface area contributed by atoms with Gasteiger partial charge in [0, 0.05) is 5.41 Å². The lowest BCUT2D eigenvalue weighted by molar-refractivity contribution is 0.538. The van der Waals surface area contributed by atoms with Crippen molar-refractivity contribution in [1.29, 1.82) is 0 Å². The molecule has 0 aliphatic heterocycles. The van der Waals surface area contributed by atoms with Crippen LogP contribution in [0.5, 0.6) is 0 Å². The largest absolute Gasteiger partial charge is 0.0804 e. The summed E-state index contributed by atoms with van der Waals surface area (Å²) in [4.78, 5) is 0. The van der Waals surface area contributed by atoms with Gasteiger partial charge in [0.1, 0.15) is 0 Å². The Morgan fingerprint density at radius 1 is 0.759 bits per heavy atom. The second kappa shape index (κ2) is 6.46. The average Bonchev–Trinajstić information content (AvgIpc) is 3.26. The fraction of sp³-hybridized carbons (Fsp3) is 0.448. The van der Waals surface area contributed by atoms with E-state index in [-0.39, 0.29) is 16.2 Å². The summed E-state index contributed by atoms with van der Waals surface area (Å²) >= 11 is 0. The molecule has 2 aliphatic carbocycles. The zero-order valence-electron chi connectivity index (χ0n) is 19.5. The summed E-state index contributed by atoms with van der Waals surface area (Å²) < 4.78 is 0. The Labute approximate surface area is 177 Å². The van der Waals surface area contributed by atoms with Crippen LogP contribution in [0.4, 0.5) is 0 Å². The summed E-state index contributed by atoms with van der Waals surface area (Å²) in [6, 6.07) is 12.0. The van der Waals surface area contributed by atoms with Crippen LogP contribution in [0.25, 0.3) is 11.1 Å². The van der Waals surface area contributed by atoms with Crippen LogP contribution in [0.3, 0.4) is 0 Å². The van der Waals surface area contributed by atoms with Gasteiger partial charge in [0.05, 0.1) is 0 Å². The number of allylic oxidation sites excluding steroid dienone is 4. The van der Waals surface area contributed by atoms with Crippen molar-refractivity contribution >= 4 is 0 Å². The molecule has 0 saturated heterocycles. The van der Waals surface area contributed by atoms with Crippen molar-refractivity contribution in [1.82, 2.24) is 0 Å². The first-order chi connectivity index (χ1) is 13.4. The maximum Gasteiger partial charge on any atom is 0.0117 e. The molecule has 0 unspecified atom stereocenters. The molecule has 0 heterocycles. The summed E-state index contributed by atoms with van der Waals surface area (Å²) in [7, 11) is 0. The Kier molecular flexibility index (Phi) is 4.50. The summed E-state index contributed by atoms with van der Waals surface area (Å²) in [5.41, 5.74) is 12.3. The van der Waals surface area contributed by atoms with Crippen molar-refractivity contribution in [3.63, 3.8) is 0 Å². The van der Waals surface area contributed by atoms with Crippen molar-refractivity contribution in [2.45, 2.75) is 84.5 Å². The molecule has 2 aromatic rings. The predicted molar refractivity (Wildman–Crippen MR) is 127 cm³/mol. The summed E-state index contributed by atoms with van der Waals surface area (Å²) in [6.07, 6.45) is 8.98. The van der Waals surface area contributed by atoms with E-state index >= 15 is 0 Å². The molecule has 152 valence electrons. The van der Waals surface area contributed by atoms with Crippen LogP contribution >= 0.6 is 0 Å². The van der Waals surface area contributed by atoms with Crippen LogP contribution in [0.2, 0.25) is 0 Å². The Morgan fingerprint density at radius 2 is 1.45 bits per heavy atom. The van der Waals surface area contributed by atoms with Crippen LogP contribution in [0.1, 0.15) is 89.6 Å². The molecular weight excluding hydrogens is 348 g/mol. The zero-order chi connectivity index (χ0) is 21.2. The van der Waals surface area contributed by atoms with Gasteiger partial charge in [0.2, 0.25) is 0 Å². The van der Waals surface area contributed by atoms with Crippen molar-refractivity contribution in [2.75, 3.05) is 0 Å². The van der Waals surface area contributed by atoms with E-state index < -0.39 is 0 Å². The maximum absolute atomic E-state index is 2.46. The van der Waals surface area contributed by atoms with Crippen LogP contribution in [-0.2, 0) is 22.7 Å². The van der Waals surface area contributed by atoms with Crippen molar-refractivity contribution in [2.24, 2.45) is 0 Å². The molecule has 0 saturated carbocycles. The SMILES string of the molecule is CC(C)(C)c1ccc2c(c1)Cc1c-2ccc(C(C)(C)C)c1C(C)(C)C1=CC=CC1. The van der Waals surface area contributed by atoms with E-state index in [4.69, 9.17) is 0 Å². The fourth-order valence-electron chi connectivity index (χ4n) is 5.15. The van der Waals surface area contributed by atoms with E-state index in [9.17, 15) is 0 Å².